The predicted octanol–water partition coefficient (Wildman–Crippen LogP) is 1.07. The molecule has 3 rings (SSSR count). The van der Waals surface area contributed by atoms with Crippen LogP contribution in [-0.2, 0) is 25.7 Å². The van der Waals surface area contributed by atoms with Crippen molar-refractivity contribution in [2.24, 2.45) is 0 Å². The third-order valence-electron chi connectivity index (χ3n) is 4.32. The van der Waals surface area contributed by atoms with E-state index in [0.717, 1.165) is 4.88 Å². The second kappa shape index (κ2) is 7.67. The highest BCUT2D eigenvalue weighted by atomic mass is 32.2. The summed E-state index contributed by atoms with van der Waals surface area (Å²) in [5, 5.41) is 6.53. The van der Waals surface area contributed by atoms with Crippen molar-refractivity contribution >= 4 is 46.9 Å². The number of thioether (sulfide) groups is 1. The van der Waals surface area contributed by atoms with Crippen LogP contribution in [0.2, 0.25) is 0 Å². The lowest BCUT2D eigenvalue weighted by Gasteiger charge is -2.29. The fourth-order valence-corrected chi connectivity index (χ4v) is 5.08. The van der Waals surface area contributed by atoms with E-state index in [0.29, 0.717) is 25.1 Å². The maximum Gasteiger partial charge on any atom is 0.330 e. The SMILES string of the molecule is C[C@]12CCC(=O)N1[C@H](C(=O)OCC(=O)NC(=O)NCc1cccs1)CS2. The van der Waals surface area contributed by atoms with Crippen LogP contribution < -0.4 is 10.6 Å². The molecule has 0 unspecified atom stereocenters. The summed E-state index contributed by atoms with van der Waals surface area (Å²) >= 11 is 3.03. The van der Waals surface area contributed by atoms with E-state index in [1.807, 2.05) is 24.4 Å². The van der Waals surface area contributed by atoms with Crippen LogP contribution in [0, 0.1) is 0 Å². The number of thiophene rings is 1. The van der Waals surface area contributed by atoms with Crippen LogP contribution >= 0.6 is 23.1 Å². The Kier molecular flexibility index (Phi) is 5.52. The van der Waals surface area contributed by atoms with Crippen molar-refractivity contribution in [2.45, 2.75) is 37.2 Å². The number of hydrogen-bond acceptors (Lipinski definition) is 7. The van der Waals surface area contributed by atoms with Gasteiger partial charge in [-0.3, -0.25) is 14.9 Å². The van der Waals surface area contributed by atoms with Crippen molar-refractivity contribution < 1.29 is 23.9 Å². The molecule has 0 bridgehead atoms. The lowest BCUT2D eigenvalue weighted by molar-refractivity contribution is -0.156. The lowest BCUT2D eigenvalue weighted by Crippen LogP contribution is -2.47. The molecule has 1 aromatic rings. The first kappa shape index (κ1) is 18.7. The molecule has 4 amide bonds. The van der Waals surface area contributed by atoms with Crippen LogP contribution in [-0.4, -0.2) is 52.0 Å². The monoisotopic (exact) mass is 397 g/mol. The van der Waals surface area contributed by atoms with Gasteiger partial charge in [-0.25, -0.2) is 9.59 Å². The summed E-state index contributed by atoms with van der Waals surface area (Å²) in [6.45, 7) is 1.68. The van der Waals surface area contributed by atoms with Gasteiger partial charge in [0.25, 0.3) is 5.91 Å². The van der Waals surface area contributed by atoms with Crippen molar-refractivity contribution in [1.82, 2.24) is 15.5 Å². The Morgan fingerprint density at radius 1 is 1.42 bits per heavy atom. The second-order valence-electron chi connectivity index (χ2n) is 6.18. The van der Waals surface area contributed by atoms with Gasteiger partial charge in [-0.1, -0.05) is 6.07 Å². The number of carbonyl (C=O) groups is 4. The van der Waals surface area contributed by atoms with Gasteiger partial charge in [0.2, 0.25) is 5.91 Å². The first-order valence-corrected chi connectivity index (χ1v) is 9.98. The number of amides is 4. The fraction of sp³-hybridized carbons (Fsp3) is 0.500. The van der Waals surface area contributed by atoms with Gasteiger partial charge in [0, 0.05) is 17.1 Å². The third kappa shape index (κ3) is 4.01. The number of esters is 1. The molecule has 10 heteroatoms. The average molecular weight is 397 g/mol. The molecule has 0 saturated carbocycles. The quantitative estimate of drug-likeness (QED) is 0.720. The maximum atomic E-state index is 12.2. The summed E-state index contributed by atoms with van der Waals surface area (Å²) < 4.78 is 5.00. The first-order valence-electron chi connectivity index (χ1n) is 8.12. The van der Waals surface area contributed by atoms with Crippen molar-refractivity contribution in [3.63, 3.8) is 0 Å². The van der Waals surface area contributed by atoms with E-state index in [1.165, 1.54) is 11.3 Å². The molecule has 0 radical (unpaired) electrons. The van der Waals surface area contributed by atoms with E-state index in [2.05, 4.69) is 10.6 Å². The molecule has 0 aliphatic carbocycles. The van der Waals surface area contributed by atoms with Gasteiger partial charge in [0.05, 0.1) is 11.4 Å². The summed E-state index contributed by atoms with van der Waals surface area (Å²) in [6, 6.07) is 2.39. The van der Waals surface area contributed by atoms with Crippen molar-refractivity contribution in [2.75, 3.05) is 12.4 Å². The minimum Gasteiger partial charge on any atom is -0.454 e. The van der Waals surface area contributed by atoms with Crippen LogP contribution in [0.4, 0.5) is 4.79 Å². The normalized spacial score (nSPS) is 24.3. The zero-order valence-corrected chi connectivity index (χ0v) is 15.8. The summed E-state index contributed by atoms with van der Waals surface area (Å²) in [4.78, 5) is 49.8. The molecule has 8 nitrogen and oxygen atoms in total. The van der Waals surface area contributed by atoms with E-state index in [-0.39, 0.29) is 10.8 Å². The molecule has 0 spiro atoms. The highest BCUT2D eigenvalue weighted by molar-refractivity contribution is 8.01. The highest BCUT2D eigenvalue weighted by Gasteiger charge is 2.53. The predicted molar refractivity (Wildman–Crippen MR) is 96.4 cm³/mol. The summed E-state index contributed by atoms with van der Waals surface area (Å²) in [6.07, 6.45) is 1.11. The van der Waals surface area contributed by atoms with Gasteiger partial charge < -0.3 is 15.0 Å². The molecule has 2 aliphatic rings. The molecule has 2 fully saturated rings. The van der Waals surface area contributed by atoms with Crippen LogP contribution in [0.25, 0.3) is 0 Å². The molecular formula is C16H19N3O5S2. The maximum absolute atomic E-state index is 12.2. The number of nitrogens with one attached hydrogen (secondary N) is 2. The molecule has 2 saturated heterocycles. The number of fused-ring (bicyclic) bond motifs is 1. The standard InChI is InChI=1S/C16H19N3O5S2/c1-16-5-4-13(21)19(16)11(9-26-16)14(22)24-8-12(20)18-15(23)17-7-10-3-2-6-25-10/h2-3,6,11H,4-5,7-9H2,1H3,(H2,17,18,20,23)/t11-,16-/m0/s1. The van der Waals surface area contributed by atoms with E-state index >= 15 is 0 Å². The molecular weight excluding hydrogens is 378 g/mol. The minimum atomic E-state index is -0.719. The van der Waals surface area contributed by atoms with Gasteiger partial charge in [-0.05, 0) is 24.8 Å². The largest absolute Gasteiger partial charge is 0.454 e. The van der Waals surface area contributed by atoms with E-state index in [4.69, 9.17) is 4.74 Å². The van der Waals surface area contributed by atoms with Crippen molar-refractivity contribution in [3.8, 4) is 0 Å². The number of imide groups is 1. The number of nitrogens with zero attached hydrogens (tertiary/aromatic N) is 1. The summed E-state index contributed by atoms with van der Waals surface area (Å²) in [7, 11) is 0. The van der Waals surface area contributed by atoms with Crippen LogP contribution in [0.3, 0.4) is 0 Å². The highest BCUT2D eigenvalue weighted by Crippen LogP contribution is 2.47. The van der Waals surface area contributed by atoms with Gasteiger partial charge in [-0.15, -0.1) is 23.1 Å². The Morgan fingerprint density at radius 2 is 2.23 bits per heavy atom. The Hall–Kier alpha value is -2.07. The lowest BCUT2D eigenvalue weighted by atomic mass is 10.2. The zero-order chi connectivity index (χ0) is 18.7. The van der Waals surface area contributed by atoms with Gasteiger partial charge in [-0.2, -0.15) is 0 Å². The molecule has 2 aliphatic heterocycles. The van der Waals surface area contributed by atoms with Crippen LogP contribution in [0.5, 0.6) is 0 Å². The third-order valence-corrected chi connectivity index (χ3v) is 6.70. The number of carbonyl (C=O) groups excluding carboxylic acids is 4. The Balaban J connectivity index is 1.42. The van der Waals surface area contributed by atoms with Crippen LogP contribution in [0.15, 0.2) is 17.5 Å². The minimum absolute atomic E-state index is 0.0724. The van der Waals surface area contributed by atoms with Crippen molar-refractivity contribution in [1.29, 1.82) is 0 Å². The Labute approximate surface area is 158 Å². The number of urea groups is 1. The fourth-order valence-electron chi connectivity index (χ4n) is 3.02. The van der Waals surface area contributed by atoms with Crippen molar-refractivity contribution in [3.05, 3.63) is 22.4 Å². The Bertz CT molecular complexity index is 723. The number of ether oxygens (including phenoxy) is 1. The zero-order valence-electron chi connectivity index (χ0n) is 14.1. The molecule has 140 valence electrons. The van der Waals surface area contributed by atoms with E-state index in [1.54, 1.807) is 16.7 Å². The average Bonchev–Trinajstić information content (AvgIpc) is 3.29. The second-order valence-corrected chi connectivity index (χ2v) is 8.72. The van der Waals surface area contributed by atoms with Gasteiger partial charge >= 0.3 is 12.0 Å². The molecule has 2 N–H and O–H groups in total. The van der Waals surface area contributed by atoms with E-state index < -0.39 is 30.6 Å². The first-order chi connectivity index (χ1) is 12.4. The molecule has 26 heavy (non-hydrogen) atoms. The summed E-state index contributed by atoms with van der Waals surface area (Å²) in [5.41, 5.74) is 0. The topological polar surface area (TPSA) is 105 Å². The molecule has 3 heterocycles. The summed E-state index contributed by atoms with van der Waals surface area (Å²) in [5.74, 6) is -0.963. The van der Waals surface area contributed by atoms with Gasteiger partial charge in [0.1, 0.15) is 6.04 Å². The molecule has 0 aromatic carbocycles. The Morgan fingerprint density at radius 3 is 2.96 bits per heavy atom. The number of hydrogen-bond donors (Lipinski definition) is 2. The van der Waals surface area contributed by atoms with E-state index in [9.17, 15) is 19.2 Å². The number of rotatable bonds is 5. The van der Waals surface area contributed by atoms with Crippen LogP contribution in [0.1, 0.15) is 24.6 Å². The molecule has 2 atom stereocenters. The molecule has 1 aromatic heterocycles. The smallest absolute Gasteiger partial charge is 0.330 e. The van der Waals surface area contributed by atoms with Gasteiger partial charge in [0.15, 0.2) is 6.61 Å².